The molecule has 0 aliphatic carbocycles. The van der Waals surface area contributed by atoms with Gasteiger partial charge in [-0.3, -0.25) is 0 Å². The molecule has 0 amide bonds. The fraction of sp³-hybridized carbons (Fsp3) is 0.0769. The zero-order valence-corrected chi connectivity index (χ0v) is 14.2. The molecule has 0 aromatic carbocycles. The van der Waals surface area contributed by atoms with Crippen molar-refractivity contribution >= 4 is 69.1 Å². The molecule has 0 atom stereocenters. The topological polar surface area (TPSA) is 36.9 Å². The second-order valence-electron chi connectivity index (χ2n) is 3.00. The fourth-order valence-corrected chi connectivity index (χ4v) is 1.19. The predicted octanol–water partition coefficient (Wildman–Crippen LogP) is 3.72. The Morgan fingerprint density at radius 1 is 0.571 bits per heavy atom. The maximum absolute atomic E-state index is 5.25. The molecular formula is C13H12O4S4. The van der Waals surface area contributed by atoms with Gasteiger partial charge in [0.05, 0.1) is 0 Å². The van der Waals surface area contributed by atoms with E-state index in [9.17, 15) is 0 Å². The Morgan fingerprint density at radius 3 is 0.905 bits per heavy atom. The lowest BCUT2D eigenvalue weighted by Gasteiger charge is -2.30. The van der Waals surface area contributed by atoms with Crippen molar-refractivity contribution < 1.29 is 18.9 Å². The minimum absolute atomic E-state index is 0.0967. The van der Waals surface area contributed by atoms with Crippen LogP contribution in [0.3, 0.4) is 0 Å². The maximum Gasteiger partial charge on any atom is 0.613 e. The van der Waals surface area contributed by atoms with Gasteiger partial charge in [-0.25, -0.2) is 0 Å². The molecule has 0 fully saturated rings. The summed E-state index contributed by atoms with van der Waals surface area (Å²) in [6.45, 7) is 13.8. The zero-order chi connectivity index (χ0) is 16.5. The van der Waals surface area contributed by atoms with Gasteiger partial charge in [-0.15, -0.1) is 0 Å². The minimum Gasteiger partial charge on any atom is -0.375 e. The van der Waals surface area contributed by atoms with Gasteiger partial charge in [0.15, 0.2) is 20.2 Å². The van der Waals surface area contributed by atoms with E-state index in [1.807, 2.05) is 0 Å². The minimum atomic E-state index is -2.26. The average Bonchev–Trinajstić information content (AvgIpc) is 2.46. The summed E-state index contributed by atoms with van der Waals surface area (Å²) in [4.78, 5) is 0. The van der Waals surface area contributed by atoms with Crippen LogP contribution in [0, 0.1) is 0 Å². The summed E-state index contributed by atoms with van der Waals surface area (Å²) in [5.74, 6) is 0. The van der Waals surface area contributed by atoms with E-state index in [0.717, 1.165) is 0 Å². The van der Waals surface area contributed by atoms with Gasteiger partial charge < -0.3 is 18.9 Å². The number of hydrogen-bond donors (Lipinski definition) is 0. The highest BCUT2D eigenvalue weighted by atomic mass is 32.1. The molecular weight excluding hydrogens is 348 g/mol. The maximum atomic E-state index is 5.25. The van der Waals surface area contributed by atoms with Gasteiger partial charge in [0.25, 0.3) is 0 Å². The van der Waals surface area contributed by atoms with Crippen molar-refractivity contribution in [1.29, 1.82) is 0 Å². The molecule has 0 radical (unpaired) electrons. The van der Waals surface area contributed by atoms with Crippen LogP contribution in [0.15, 0.2) is 50.6 Å². The van der Waals surface area contributed by atoms with Gasteiger partial charge >= 0.3 is 6.16 Å². The van der Waals surface area contributed by atoms with Gasteiger partial charge in [0, 0.05) is 0 Å². The molecule has 0 spiro atoms. The third-order valence-electron chi connectivity index (χ3n) is 1.57. The average molecular weight is 361 g/mol. The quantitative estimate of drug-likeness (QED) is 0.368. The second-order valence-corrected chi connectivity index (χ2v) is 4.61. The monoisotopic (exact) mass is 360 g/mol. The Labute approximate surface area is 144 Å². The Hall–Kier alpha value is -1.48. The van der Waals surface area contributed by atoms with Crippen LogP contribution in [0.25, 0.3) is 0 Å². The van der Waals surface area contributed by atoms with Crippen LogP contribution in [0.2, 0.25) is 0 Å². The lowest BCUT2D eigenvalue weighted by molar-refractivity contribution is -0.391. The van der Waals surface area contributed by atoms with Crippen molar-refractivity contribution in [3.05, 3.63) is 50.6 Å². The molecule has 0 rings (SSSR count). The Morgan fingerprint density at radius 2 is 0.762 bits per heavy atom. The summed E-state index contributed by atoms with van der Waals surface area (Å²) >= 11 is 19.5. The van der Waals surface area contributed by atoms with Gasteiger partial charge in [-0.05, 0) is 73.2 Å². The van der Waals surface area contributed by atoms with Gasteiger partial charge in [-0.2, -0.15) is 0 Å². The molecule has 0 aromatic heterocycles. The summed E-state index contributed by atoms with van der Waals surface area (Å²) in [6, 6.07) is 0. The molecule has 0 aliphatic heterocycles. The Balaban J connectivity index is 5.63. The first-order chi connectivity index (χ1) is 9.82. The molecule has 8 heteroatoms. The van der Waals surface area contributed by atoms with Crippen LogP contribution in [-0.4, -0.2) is 26.4 Å². The summed E-state index contributed by atoms with van der Waals surface area (Å²) in [7, 11) is 0. The first-order valence-electron chi connectivity index (χ1n) is 5.24. The standard InChI is InChI=1S/C13H12O4S4/c1-5-9(18)14-13(15-10(19)6-2,16-11(20)7-3)17-12(21)8-4/h5-8H,1-4H2. The predicted molar refractivity (Wildman–Crippen MR) is 98.3 cm³/mol. The van der Waals surface area contributed by atoms with Crippen molar-refractivity contribution in [3.8, 4) is 0 Å². The van der Waals surface area contributed by atoms with Crippen molar-refractivity contribution in [2.75, 3.05) is 0 Å². The lowest BCUT2D eigenvalue weighted by Crippen LogP contribution is -2.46. The highest BCUT2D eigenvalue weighted by Gasteiger charge is 2.45. The van der Waals surface area contributed by atoms with Crippen molar-refractivity contribution in [2.45, 2.75) is 6.16 Å². The molecule has 0 unspecified atom stereocenters. The highest BCUT2D eigenvalue weighted by molar-refractivity contribution is 7.81. The summed E-state index contributed by atoms with van der Waals surface area (Å²) in [5.41, 5.74) is 0. The van der Waals surface area contributed by atoms with E-state index < -0.39 is 6.16 Å². The van der Waals surface area contributed by atoms with Gasteiger partial charge in [0.1, 0.15) is 0 Å². The van der Waals surface area contributed by atoms with Crippen LogP contribution in [0.4, 0.5) is 0 Å². The number of hydrogen-bond acceptors (Lipinski definition) is 8. The molecule has 0 saturated carbocycles. The van der Waals surface area contributed by atoms with E-state index in [0.29, 0.717) is 0 Å². The SMILES string of the molecule is C=CC(=S)OC(OC(=S)C=C)(OC(=S)C=C)OC(=S)C=C. The van der Waals surface area contributed by atoms with Gasteiger partial charge in [-0.1, -0.05) is 26.3 Å². The number of thiocarbonyl (C=S) groups is 4. The molecule has 4 nitrogen and oxygen atoms in total. The summed E-state index contributed by atoms with van der Waals surface area (Å²) < 4.78 is 21.0. The molecule has 21 heavy (non-hydrogen) atoms. The first kappa shape index (κ1) is 19.5. The smallest absolute Gasteiger partial charge is 0.375 e. The summed E-state index contributed by atoms with van der Waals surface area (Å²) in [5, 5.41) is -0.387. The van der Waals surface area contributed by atoms with E-state index in [1.54, 1.807) is 0 Å². The molecule has 0 saturated heterocycles. The Bertz CT molecular complexity index is 417. The normalized spacial score (nSPS) is 9.52. The van der Waals surface area contributed by atoms with E-state index in [4.69, 9.17) is 67.8 Å². The third-order valence-corrected chi connectivity index (χ3v) is 2.57. The van der Waals surface area contributed by atoms with Crippen LogP contribution in [0.5, 0.6) is 0 Å². The zero-order valence-electron chi connectivity index (χ0n) is 10.9. The fourth-order valence-electron chi connectivity index (χ4n) is 0.784. The molecule has 0 aromatic rings. The van der Waals surface area contributed by atoms with Crippen LogP contribution >= 0.6 is 48.9 Å². The molecule has 0 aliphatic rings. The summed E-state index contributed by atoms with van der Waals surface area (Å²) in [6.07, 6.45) is 2.65. The second kappa shape index (κ2) is 9.46. The van der Waals surface area contributed by atoms with Crippen LogP contribution < -0.4 is 0 Å². The van der Waals surface area contributed by atoms with Crippen molar-refractivity contribution in [2.24, 2.45) is 0 Å². The number of ether oxygens (including phenoxy) is 4. The lowest BCUT2D eigenvalue weighted by atomic mass is 10.6. The molecule has 0 N–H and O–H groups in total. The van der Waals surface area contributed by atoms with Crippen molar-refractivity contribution in [1.82, 2.24) is 0 Å². The highest BCUT2D eigenvalue weighted by Crippen LogP contribution is 2.22. The molecule has 0 bridgehead atoms. The van der Waals surface area contributed by atoms with Crippen LogP contribution in [-0.2, 0) is 18.9 Å². The van der Waals surface area contributed by atoms with E-state index in [2.05, 4.69) is 26.3 Å². The first-order valence-corrected chi connectivity index (χ1v) is 6.87. The van der Waals surface area contributed by atoms with Crippen LogP contribution in [0.1, 0.15) is 0 Å². The van der Waals surface area contributed by atoms with Crippen molar-refractivity contribution in [3.63, 3.8) is 0 Å². The van der Waals surface area contributed by atoms with E-state index in [1.165, 1.54) is 24.3 Å². The van der Waals surface area contributed by atoms with E-state index in [-0.39, 0.29) is 20.2 Å². The number of rotatable bonds is 8. The Kier molecular flexibility index (Phi) is 8.79. The third kappa shape index (κ3) is 7.19. The van der Waals surface area contributed by atoms with Gasteiger partial charge in [0.2, 0.25) is 0 Å². The van der Waals surface area contributed by atoms with E-state index >= 15 is 0 Å². The molecule has 0 heterocycles. The molecule has 112 valence electrons. The largest absolute Gasteiger partial charge is 0.613 e.